The van der Waals surface area contributed by atoms with Crippen LogP contribution in [0.4, 0.5) is 23.4 Å². The zero-order valence-corrected chi connectivity index (χ0v) is 15.3. The highest BCUT2D eigenvalue weighted by Crippen LogP contribution is 2.35. The number of carbonyl (C=O) groups is 1. The van der Waals surface area contributed by atoms with E-state index < -0.39 is 18.3 Å². The van der Waals surface area contributed by atoms with Gasteiger partial charge in [-0.05, 0) is 18.6 Å². The third kappa shape index (κ3) is 3.80. The molecule has 3 rings (SSSR count). The summed E-state index contributed by atoms with van der Waals surface area (Å²) in [6.45, 7) is 0.826. The first-order chi connectivity index (χ1) is 13.1. The van der Waals surface area contributed by atoms with E-state index in [-0.39, 0.29) is 28.5 Å². The number of fused-ring (bicyclic) bond motifs is 1. The van der Waals surface area contributed by atoms with Gasteiger partial charge in [0.2, 0.25) is 5.91 Å². The smallest absolute Gasteiger partial charge is 0.311 e. The molecule has 0 aliphatic rings. The van der Waals surface area contributed by atoms with Crippen molar-refractivity contribution in [3.05, 3.63) is 36.0 Å². The third-order valence-electron chi connectivity index (χ3n) is 4.04. The number of amides is 1. The van der Waals surface area contributed by atoms with Crippen LogP contribution in [0.25, 0.3) is 22.2 Å². The zero-order chi connectivity index (χ0) is 20.6. The molecule has 148 valence electrons. The second-order valence-corrected chi connectivity index (χ2v) is 6.31. The number of nitrogens with zero attached hydrogens (tertiary/aromatic N) is 4. The summed E-state index contributed by atoms with van der Waals surface area (Å²) in [6.07, 6.45) is 2.69. The van der Waals surface area contributed by atoms with Gasteiger partial charge < -0.3 is 5.32 Å². The highest BCUT2D eigenvalue weighted by atomic mass is 19.3. The van der Waals surface area contributed by atoms with Gasteiger partial charge in [-0.3, -0.25) is 9.36 Å². The number of hydrogen-bond donors (Lipinski definition) is 1. The molecule has 3 heterocycles. The van der Waals surface area contributed by atoms with Gasteiger partial charge in [-0.25, -0.2) is 15.0 Å². The molecule has 0 unspecified atom stereocenters. The Morgan fingerprint density at radius 2 is 2.00 bits per heavy atom. The minimum atomic E-state index is -3.29. The van der Waals surface area contributed by atoms with Crippen molar-refractivity contribution in [3.63, 3.8) is 0 Å². The van der Waals surface area contributed by atoms with Crippen molar-refractivity contribution >= 4 is 22.6 Å². The van der Waals surface area contributed by atoms with E-state index in [0.29, 0.717) is 29.0 Å². The normalized spacial score (nSPS) is 12.0. The van der Waals surface area contributed by atoms with Gasteiger partial charge in [-0.2, -0.15) is 17.6 Å². The lowest BCUT2D eigenvalue weighted by Gasteiger charge is -2.12. The molecule has 1 amide bonds. The number of nitrogens with one attached hydrogen (secondary N) is 1. The molecule has 10 heteroatoms. The molecule has 1 N–H and O–H groups in total. The molecule has 28 heavy (non-hydrogen) atoms. The van der Waals surface area contributed by atoms with Crippen molar-refractivity contribution in [3.8, 4) is 11.3 Å². The number of aromatic nitrogens is 4. The highest BCUT2D eigenvalue weighted by molar-refractivity contribution is 5.98. The van der Waals surface area contributed by atoms with E-state index in [1.165, 1.54) is 25.3 Å². The Labute approximate surface area is 157 Å². The molecule has 0 spiro atoms. The molecule has 0 saturated heterocycles. The summed E-state index contributed by atoms with van der Waals surface area (Å²) in [5.74, 6) is -4.20. The molecule has 0 radical (unpaired) electrons. The van der Waals surface area contributed by atoms with E-state index in [9.17, 15) is 22.4 Å². The van der Waals surface area contributed by atoms with Crippen LogP contribution in [0.2, 0.25) is 0 Å². The Morgan fingerprint density at radius 3 is 2.57 bits per heavy atom. The Bertz CT molecular complexity index is 1040. The summed E-state index contributed by atoms with van der Waals surface area (Å²) in [6, 6.07) is 2.89. The number of pyridine rings is 1. The highest BCUT2D eigenvalue weighted by Gasteiger charge is 2.30. The predicted molar refractivity (Wildman–Crippen MR) is 95.3 cm³/mol. The van der Waals surface area contributed by atoms with Gasteiger partial charge in [0.1, 0.15) is 5.82 Å². The topological polar surface area (TPSA) is 72.7 Å². The van der Waals surface area contributed by atoms with Crippen LogP contribution in [-0.2, 0) is 17.1 Å². The van der Waals surface area contributed by atoms with E-state index in [4.69, 9.17) is 0 Å². The van der Waals surface area contributed by atoms with E-state index in [0.717, 1.165) is 6.20 Å². The van der Waals surface area contributed by atoms with Gasteiger partial charge in [0.25, 0.3) is 0 Å². The van der Waals surface area contributed by atoms with Gasteiger partial charge >= 0.3 is 12.5 Å². The van der Waals surface area contributed by atoms with Crippen molar-refractivity contribution < 1.29 is 22.4 Å². The van der Waals surface area contributed by atoms with Crippen LogP contribution in [0.1, 0.15) is 38.8 Å². The molecule has 3 aromatic rings. The molecular formula is C18H17F4N5O. The minimum absolute atomic E-state index is 0.0839. The lowest BCUT2D eigenvalue weighted by atomic mass is 10.1. The fraction of sp³-hybridized carbons (Fsp3) is 0.333. The second-order valence-electron chi connectivity index (χ2n) is 6.31. The maximum Gasteiger partial charge on any atom is 0.319 e. The summed E-state index contributed by atoms with van der Waals surface area (Å²) in [5, 5.41) is 2.77. The number of carbonyl (C=O) groups excluding carboxylic acids is 1. The molecule has 0 aliphatic carbocycles. The molecular weight excluding hydrogens is 378 g/mol. The van der Waals surface area contributed by atoms with E-state index >= 15 is 0 Å². The van der Waals surface area contributed by atoms with Gasteiger partial charge in [-0.1, -0.05) is 6.92 Å². The summed E-state index contributed by atoms with van der Waals surface area (Å²) in [4.78, 5) is 23.0. The van der Waals surface area contributed by atoms with Crippen LogP contribution in [0.5, 0.6) is 0 Å². The minimum Gasteiger partial charge on any atom is -0.311 e. The number of anilines is 1. The number of halogens is 4. The molecule has 0 bridgehead atoms. The van der Waals surface area contributed by atoms with Crippen LogP contribution >= 0.6 is 0 Å². The van der Waals surface area contributed by atoms with Crippen molar-refractivity contribution in [2.24, 2.45) is 0 Å². The first kappa shape index (κ1) is 19.7. The number of alkyl halides is 4. The number of aryl methyl sites for hydroxylation is 1. The summed E-state index contributed by atoms with van der Waals surface area (Å²) >= 11 is 0. The van der Waals surface area contributed by atoms with Crippen LogP contribution in [0.15, 0.2) is 24.5 Å². The first-order valence-electron chi connectivity index (χ1n) is 8.43. The fourth-order valence-electron chi connectivity index (χ4n) is 2.78. The number of rotatable bonds is 5. The third-order valence-corrected chi connectivity index (χ3v) is 4.04. The monoisotopic (exact) mass is 395 g/mol. The SMILES string of the molecule is CCc1cc(-c2cn(C(F)F)c3cnc(NC(C)=O)cc23)nc(C(C)(F)F)n1. The predicted octanol–water partition coefficient (Wildman–Crippen LogP) is 4.52. The first-order valence-corrected chi connectivity index (χ1v) is 8.43. The van der Waals surface area contributed by atoms with Crippen molar-refractivity contribution in [1.82, 2.24) is 19.5 Å². The fourth-order valence-corrected chi connectivity index (χ4v) is 2.78. The molecule has 0 aromatic carbocycles. The van der Waals surface area contributed by atoms with Gasteiger partial charge in [0.15, 0.2) is 5.82 Å². The van der Waals surface area contributed by atoms with Gasteiger partial charge in [0, 0.05) is 36.7 Å². The van der Waals surface area contributed by atoms with Crippen LogP contribution in [-0.4, -0.2) is 25.4 Å². The average Bonchev–Trinajstić information content (AvgIpc) is 2.99. The van der Waals surface area contributed by atoms with Crippen LogP contribution < -0.4 is 5.32 Å². The standard InChI is InChI=1S/C18H17F4N5O/c1-4-10-5-13(26-16(25-10)18(3,21)22)12-8-27(17(19)20)14-7-23-15(6-11(12)14)24-9(2)28/h5-8,17H,4H2,1-3H3,(H,23,24,28). The Hall–Kier alpha value is -3.04. The van der Waals surface area contributed by atoms with Crippen LogP contribution in [0.3, 0.4) is 0 Å². The summed E-state index contributed by atoms with van der Waals surface area (Å²) in [7, 11) is 0. The molecule has 0 saturated carbocycles. The second kappa shape index (κ2) is 7.17. The van der Waals surface area contributed by atoms with Gasteiger partial charge in [-0.15, -0.1) is 0 Å². The summed E-state index contributed by atoms with van der Waals surface area (Å²) < 4.78 is 55.2. The molecule has 6 nitrogen and oxygen atoms in total. The van der Waals surface area contributed by atoms with E-state index in [1.807, 2.05) is 0 Å². The van der Waals surface area contributed by atoms with Crippen molar-refractivity contribution in [2.45, 2.75) is 39.7 Å². The maximum atomic E-state index is 13.8. The van der Waals surface area contributed by atoms with Crippen molar-refractivity contribution in [2.75, 3.05) is 5.32 Å². The van der Waals surface area contributed by atoms with Crippen LogP contribution in [0, 0.1) is 0 Å². The quantitative estimate of drug-likeness (QED) is 0.645. The molecule has 0 fully saturated rings. The lowest BCUT2D eigenvalue weighted by Crippen LogP contribution is -2.14. The Kier molecular flexibility index (Phi) is 5.05. The Balaban J connectivity index is 2.28. The zero-order valence-electron chi connectivity index (χ0n) is 15.3. The van der Waals surface area contributed by atoms with E-state index in [1.54, 1.807) is 6.92 Å². The average molecular weight is 395 g/mol. The Morgan fingerprint density at radius 1 is 1.29 bits per heavy atom. The van der Waals surface area contributed by atoms with E-state index in [2.05, 4.69) is 20.3 Å². The van der Waals surface area contributed by atoms with Crippen molar-refractivity contribution in [1.29, 1.82) is 0 Å². The van der Waals surface area contributed by atoms with Gasteiger partial charge in [0.05, 0.1) is 17.4 Å². The summed E-state index contributed by atoms with van der Waals surface area (Å²) in [5.41, 5.74) is 0.746. The maximum absolute atomic E-state index is 13.8. The lowest BCUT2D eigenvalue weighted by molar-refractivity contribution is -0.114. The largest absolute Gasteiger partial charge is 0.319 e. The number of hydrogen-bond acceptors (Lipinski definition) is 4. The molecule has 3 aromatic heterocycles. The molecule has 0 atom stereocenters. The molecule has 0 aliphatic heterocycles.